The number of sulfone groups is 1. The van der Waals surface area contributed by atoms with Crippen LogP contribution in [0.3, 0.4) is 0 Å². The van der Waals surface area contributed by atoms with Gasteiger partial charge in [-0.25, -0.2) is 27.1 Å². The number of rotatable bonds is 9. The van der Waals surface area contributed by atoms with E-state index >= 15 is 9.18 Å². The van der Waals surface area contributed by atoms with Crippen LogP contribution in [0.15, 0.2) is 92.1 Å². The predicted octanol–water partition coefficient (Wildman–Crippen LogP) is 6.57. The van der Waals surface area contributed by atoms with Crippen molar-refractivity contribution in [1.82, 2.24) is 38.5 Å². The highest BCUT2D eigenvalue weighted by Crippen LogP contribution is 2.56. The van der Waals surface area contributed by atoms with E-state index in [0.717, 1.165) is 23.7 Å². The summed E-state index contributed by atoms with van der Waals surface area (Å²) in [7, 11) is -3.43. The number of H-pyrrole nitrogens is 1. The summed E-state index contributed by atoms with van der Waals surface area (Å²) in [5.41, 5.74) is 4.34. The van der Waals surface area contributed by atoms with Gasteiger partial charge in [-0.2, -0.15) is 5.10 Å². The van der Waals surface area contributed by atoms with Crippen molar-refractivity contribution < 1.29 is 26.9 Å². The molecule has 0 bridgehead atoms. The highest BCUT2D eigenvalue weighted by molar-refractivity contribution is 7.92. The van der Waals surface area contributed by atoms with E-state index < -0.39 is 32.9 Å². The number of amides is 1. The monoisotopic (exact) mass is 886 g/mol. The van der Waals surface area contributed by atoms with Crippen molar-refractivity contribution in [2.24, 2.45) is 5.92 Å². The first kappa shape index (κ1) is 40.4. The zero-order valence-corrected chi connectivity index (χ0v) is 36.7. The molecule has 330 valence electrons. The number of benzene rings is 3. The van der Waals surface area contributed by atoms with E-state index in [1.165, 1.54) is 26.8 Å². The third-order valence-electron chi connectivity index (χ3n) is 14.0. The van der Waals surface area contributed by atoms with Crippen LogP contribution in [0.5, 0.6) is 0 Å². The molecule has 64 heavy (non-hydrogen) atoms. The first-order chi connectivity index (χ1) is 30.8. The molecule has 3 aromatic carbocycles. The highest BCUT2D eigenvalue weighted by atomic mass is 32.2. The Morgan fingerprint density at radius 1 is 0.906 bits per heavy atom. The summed E-state index contributed by atoms with van der Waals surface area (Å²) in [6, 6.07) is 17.4. The van der Waals surface area contributed by atoms with E-state index in [2.05, 4.69) is 35.3 Å². The number of carbonyl (C=O) groups excluding carboxylic acids is 1. The van der Waals surface area contributed by atoms with Gasteiger partial charge in [-0.05, 0) is 136 Å². The number of halogens is 1. The van der Waals surface area contributed by atoms with Crippen LogP contribution < -0.4 is 11.4 Å². The summed E-state index contributed by atoms with van der Waals surface area (Å²) in [4.78, 5) is 47.3. The van der Waals surface area contributed by atoms with Crippen LogP contribution in [-0.2, 0) is 26.5 Å². The predicted molar refractivity (Wildman–Crippen MR) is 234 cm³/mol. The quantitative estimate of drug-likeness (QED) is 0.168. The van der Waals surface area contributed by atoms with E-state index in [1.807, 2.05) is 17.6 Å². The third kappa shape index (κ3) is 6.21. The molecular formula is C47H47FN8O7S. The number of nitrogens with zero attached hydrogens (tertiary/aromatic N) is 7. The fourth-order valence-corrected chi connectivity index (χ4v) is 12.0. The Bertz CT molecular complexity index is 3250. The third-order valence-corrected chi connectivity index (χ3v) is 16.3. The summed E-state index contributed by atoms with van der Waals surface area (Å²) in [5.74, 6) is -0.160. The van der Waals surface area contributed by atoms with Gasteiger partial charge in [0, 0.05) is 55.0 Å². The van der Waals surface area contributed by atoms with Gasteiger partial charge in [0.05, 0.1) is 33.3 Å². The zero-order valence-electron chi connectivity index (χ0n) is 35.9. The highest BCUT2D eigenvalue weighted by Gasteiger charge is 2.59. The standard InChI is InChI=1S/C47H47FN8O7S/c1-26-21-34(22-27(2)41(26)48)56-42(54-18-17-53(46(54)59)33-6-8-35(9-7-33)64(60,61)36-10-11-36)40-29(4)52(16-13-37(40)50-56)43(57)39-24-32-23-31(30-14-19-62-20-15-30)5-12-38(32)55(39)47(25-28(47)3)44-49-45(58)63-51-44/h5-9,12,17-18,21-24,28-30,36H,10-11,13-16,19-20,25H2,1-4H3,(H,49,51,58)/t28-,29?,47-/m0/s1. The number of aromatic amines is 1. The summed E-state index contributed by atoms with van der Waals surface area (Å²) in [5, 5.41) is 9.76. The molecule has 2 aliphatic heterocycles. The van der Waals surface area contributed by atoms with Crippen molar-refractivity contribution in [3.05, 3.63) is 139 Å². The maximum absolute atomic E-state index is 15.5. The van der Waals surface area contributed by atoms with Crippen LogP contribution in [0, 0.1) is 25.6 Å². The molecule has 11 rings (SSSR count). The Balaban J connectivity index is 1.04. The molecule has 1 N–H and O–H groups in total. The average molecular weight is 887 g/mol. The molecule has 3 atom stereocenters. The minimum atomic E-state index is -3.43. The van der Waals surface area contributed by atoms with E-state index in [0.29, 0.717) is 102 Å². The van der Waals surface area contributed by atoms with Gasteiger partial charge >= 0.3 is 11.4 Å². The molecule has 2 saturated carbocycles. The molecule has 6 heterocycles. The molecule has 0 spiro atoms. The molecule has 0 radical (unpaired) electrons. The van der Waals surface area contributed by atoms with Gasteiger partial charge in [-0.1, -0.05) is 18.1 Å². The molecule has 4 aliphatic rings. The smallest absolute Gasteiger partial charge is 0.381 e. The fourth-order valence-electron chi connectivity index (χ4n) is 10.3. The van der Waals surface area contributed by atoms with Gasteiger partial charge in [-0.15, -0.1) is 0 Å². The van der Waals surface area contributed by atoms with Crippen LogP contribution in [0.1, 0.15) is 102 Å². The summed E-state index contributed by atoms with van der Waals surface area (Å²) >= 11 is 0. The Labute approximate surface area is 367 Å². The number of carbonyl (C=O) groups is 1. The van der Waals surface area contributed by atoms with Crippen LogP contribution in [0.4, 0.5) is 4.39 Å². The topological polar surface area (TPSA) is 172 Å². The van der Waals surface area contributed by atoms with Gasteiger partial charge in [0.25, 0.3) is 5.91 Å². The van der Waals surface area contributed by atoms with Crippen LogP contribution in [0.25, 0.3) is 28.1 Å². The summed E-state index contributed by atoms with van der Waals surface area (Å²) in [6.07, 6.45) is 7.33. The summed E-state index contributed by atoms with van der Waals surface area (Å²) in [6.45, 7) is 9.05. The number of imidazole rings is 1. The maximum atomic E-state index is 15.5. The Kier molecular flexibility index (Phi) is 9.23. The maximum Gasteiger partial charge on any atom is 0.438 e. The average Bonchev–Trinajstić information content (AvgIpc) is 4.03. The van der Waals surface area contributed by atoms with Crippen molar-refractivity contribution in [3.8, 4) is 17.2 Å². The molecular weight excluding hydrogens is 840 g/mol. The zero-order chi connectivity index (χ0) is 44.4. The van der Waals surface area contributed by atoms with Gasteiger partial charge in [0.2, 0.25) is 0 Å². The largest absolute Gasteiger partial charge is 0.438 e. The van der Waals surface area contributed by atoms with Crippen molar-refractivity contribution in [1.29, 1.82) is 0 Å². The van der Waals surface area contributed by atoms with Crippen molar-refractivity contribution >= 4 is 26.6 Å². The van der Waals surface area contributed by atoms with Crippen molar-refractivity contribution in [2.45, 2.75) is 93.9 Å². The second-order valence-corrected chi connectivity index (χ2v) is 20.2. The molecule has 1 unspecified atom stereocenters. The number of hydrogen-bond donors (Lipinski definition) is 1. The molecule has 3 fully saturated rings. The van der Waals surface area contributed by atoms with Crippen LogP contribution >= 0.6 is 0 Å². The Morgan fingerprint density at radius 2 is 1.61 bits per heavy atom. The summed E-state index contributed by atoms with van der Waals surface area (Å²) < 4.78 is 58.3. The normalized spacial score (nSPS) is 21.4. The number of aromatic nitrogens is 7. The van der Waals surface area contributed by atoms with E-state index in [9.17, 15) is 18.0 Å². The Morgan fingerprint density at radius 3 is 2.27 bits per heavy atom. The molecule has 1 saturated heterocycles. The lowest BCUT2D eigenvalue weighted by atomic mass is 9.91. The molecule has 7 aromatic rings. The SMILES string of the molecule is Cc1cc(-n2nc3c(c2-n2ccn(-c4ccc(S(=O)(=O)C5CC5)cc4)c2=O)C(C)N(C(=O)c2cc4cc(C5CCOCC5)ccc4n2[C@@]2(c4noc(=O)[nH]4)C[C@@H]2C)CC3)cc(C)c1F. The molecule has 2 aliphatic carbocycles. The second kappa shape index (κ2) is 14.6. The molecule has 1 amide bonds. The van der Waals surface area contributed by atoms with Gasteiger partial charge in [0.1, 0.15) is 22.9 Å². The molecule has 17 heteroatoms. The lowest BCUT2D eigenvalue weighted by molar-refractivity contribution is 0.0663. The number of aryl methyl sites for hydroxylation is 2. The minimum absolute atomic E-state index is 0.0122. The lowest BCUT2D eigenvalue weighted by Crippen LogP contribution is -2.41. The lowest BCUT2D eigenvalue weighted by Gasteiger charge is -2.34. The van der Waals surface area contributed by atoms with E-state index in [-0.39, 0.29) is 27.8 Å². The second-order valence-electron chi connectivity index (χ2n) is 18.0. The van der Waals surface area contributed by atoms with E-state index in [1.54, 1.807) is 60.1 Å². The van der Waals surface area contributed by atoms with Crippen LogP contribution in [-0.4, -0.2) is 77.9 Å². The number of ether oxygens (including phenoxy) is 1. The molecule has 15 nitrogen and oxygen atoms in total. The Hall–Kier alpha value is -6.33. The van der Waals surface area contributed by atoms with E-state index in [4.69, 9.17) is 14.4 Å². The van der Waals surface area contributed by atoms with Crippen LogP contribution in [0.2, 0.25) is 0 Å². The number of fused-ring (bicyclic) bond motifs is 2. The minimum Gasteiger partial charge on any atom is -0.381 e. The first-order valence-electron chi connectivity index (χ1n) is 21.9. The molecule has 4 aromatic heterocycles. The van der Waals surface area contributed by atoms with Crippen molar-refractivity contribution in [3.63, 3.8) is 0 Å². The van der Waals surface area contributed by atoms with Gasteiger partial charge in [-0.3, -0.25) is 23.4 Å². The number of nitrogens with one attached hydrogen (secondary N) is 1. The fraction of sp³-hybridized carbons (Fsp3) is 0.383. The first-order valence-corrected chi connectivity index (χ1v) is 23.5. The number of hydrogen-bond acceptors (Lipinski definition) is 9. The van der Waals surface area contributed by atoms with Gasteiger partial charge < -0.3 is 14.2 Å². The van der Waals surface area contributed by atoms with Gasteiger partial charge in [0.15, 0.2) is 15.7 Å². The van der Waals surface area contributed by atoms with Crippen molar-refractivity contribution in [2.75, 3.05) is 19.8 Å².